The first-order valence-corrected chi connectivity index (χ1v) is 8.99. The highest BCUT2D eigenvalue weighted by molar-refractivity contribution is 9.10. The molecule has 4 nitrogen and oxygen atoms in total. The molecule has 0 amide bonds. The van der Waals surface area contributed by atoms with E-state index in [1.165, 1.54) is 6.07 Å². The molecule has 96 valence electrons. The van der Waals surface area contributed by atoms with Gasteiger partial charge in [-0.05, 0) is 34.1 Å². The number of rotatable bonds is 3. The van der Waals surface area contributed by atoms with Crippen LogP contribution < -0.4 is 5.14 Å². The molecule has 1 atom stereocenters. The molecule has 0 saturated carbocycles. The third-order valence-corrected chi connectivity index (χ3v) is 7.50. The third-order valence-electron chi connectivity index (χ3n) is 2.04. The second-order valence-corrected chi connectivity index (χ2v) is 8.70. The van der Waals surface area contributed by atoms with E-state index in [0.29, 0.717) is 13.6 Å². The molecule has 2 aromatic rings. The number of sulfonamides is 1. The molecule has 2 N–H and O–H groups in total. The van der Waals surface area contributed by atoms with Gasteiger partial charge in [-0.15, -0.1) is 11.3 Å². The van der Waals surface area contributed by atoms with Crippen molar-refractivity contribution >= 4 is 48.1 Å². The predicted octanol–water partition coefficient (Wildman–Crippen LogP) is 2.32. The molecule has 2 rings (SSSR count). The Morgan fingerprint density at radius 2 is 1.83 bits per heavy atom. The van der Waals surface area contributed by atoms with E-state index in [4.69, 9.17) is 5.14 Å². The fourth-order valence-corrected chi connectivity index (χ4v) is 5.85. The van der Waals surface area contributed by atoms with Crippen LogP contribution in [-0.4, -0.2) is 12.6 Å². The van der Waals surface area contributed by atoms with Crippen molar-refractivity contribution in [3.63, 3.8) is 0 Å². The molecule has 8 heteroatoms. The third kappa shape index (κ3) is 2.89. The molecular formula is C10H8BrNO3S3. The Bertz CT molecular complexity index is 694. The highest BCUT2D eigenvalue weighted by Gasteiger charge is 2.20. The first-order valence-electron chi connectivity index (χ1n) is 4.68. The average molecular weight is 366 g/mol. The number of halogens is 1. The van der Waals surface area contributed by atoms with Crippen LogP contribution in [0.2, 0.25) is 0 Å². The van der Waals surface area contributed by atoms with Gasteiger partial charge in [0.15, 0.2) is 0 Å². The van der Waals surface area contributed by atoms with Crippen LogP contribution in [0.3, 0.4) is 0 Å². The minimum atomic E-state index is -3.77. The average Bonchev–Trinajstić information content (AvgIpc) is 2.71. The molecule has 0 spiro atoms. The zero-order valence-electron chi connectivity index (χ0n) is 8.87. The van der Waals surface area contributed by atoms with Gasteiger partial charge >= 0.3 is 0 Å². The van der Waals surface area contributed by atoms with Crippen molar-refractivity contribution in [1.29, 1.82) is 0 Å². The van der Waals surface area contributed by atoms with Crippen molar-refractivity contribution in [2.24, 2.45) is 5.14 Å². The number of hydrogen-bond donors (Lipinski definition) is 1. The number of benzene rings is 1. The smallest absolute Gasteiger partial charge is 0.247 e. The molecule has 0 radical (unpaired) electrons. The van der Waals surface area contributed by atoms with E-state index in [1.54, 1.807) is 24.3 Å². The van der Waals surface area contributed by atoms with E-state index in [0.717, 1.165) is 11.3 Å². The quantitative estimate of drug-likeness (QED) is 0.906. The van der Waals surface area contributed by atoms with Gasteiger partial charge in [0.25, 0.3) is 0 Å². The summed E-state index contributed by atoms with van der Waals surface area (Å²) in [4.78, 5) is 0.612. The van der Waals surface area contributed by atoms with Gasteiger partial charge in [0.1, 0.15) is 8.42 Å². The lowest BCUT2D eigenvalue weighted by molar-refractivity contribution is 0.600. The van der Waals surface area contributed by atoms with E-state index in [9.17, 15) is 12.6 Å². The molecule has 1 unspecified atom stereocenters. The van der Waals surface area contributed by atoms with Crippen LogP contribution in [0.4, 0.5) is 0 Å². The van der Waals surface area contributed by atoms with Gasteiger partial charge in [-0.2, -0.15) is 0 Å². The van der Waals surface area contributed by atoms with Gasteiger partial charge in [0.2, 0.25) is 10.0 Å². The van der Waals surface area contributed by atoms with Crippen molar-refractivity contribution < 1.29 is 12.6 Å². The van der Waals surface area contributed by atoms with E-state index in [2.05, 4.69) is 15.9 Å². The Balaban J connectivity index is 2.47. The number of hydrogen-bond acceptors (Lipinski definition) is 4. The number of primary sulfonamides is 1. The lowest BCUT2D eigenvalue weighted by Gasteiger charge is -1.99. The summed E-state index contributed by atoms with van der Waals surface area (Å²) in [6.07, 6.45) is 0. The zero-order valence-corrected chi connectivity index (χ0v) is 12.9. The maximum Gasteiger partial charge on any atom is 0.247 e. The van der Waals surface area contributed by atoms with E-state index in [-0.39, 0.29) is 4.21 Å². The molecule has 1 heterocycles. The molecule has 1 aromatic carbocycles. The minimum Gasteiger partial charge on any atom is -0.248 e. The maximum atomic E-state index is 12.3. The van der Waals surface area contributed by atoms with Gasteiger partial charge in [-0.25, -0.2) is 17.8 Å². The molecule has 1 aromatic heterocycles. The molecule has 0 saturated heterocycles. The van der Waals surface area contributed by atoms with E-state index < -0.39 is 20.8 Å². The summed E-state index contributed by atoms with van der Waals surface area (Å²) in [5.41, 5.74) is 0. The normalized spacial score (nSPS) is 13.4. The van der Waals surface area contributed by atoms with Crippen molar-refractivity contribution in [1.82, 2.24) is 0 Å². The van der Waals surface area contributed by atoms with Crippen molar-refractivity contribution in [2.75, 3.05) is 0 Å². The van der Waals surface area contributed by atoms with Crippen LogP contribution in [0, 0.1) is 0 Å². The second kappa shape index (κ2) is 5.22. The zero-order chi connectivity index (χ0) is 13.3. The van der Waals surface area contributed by atoms with Gasteiger partial charge in [0, 0.05) is 9.37 Å². The Kier molecular flexibility index (Phi) is 4.02. The molecule has 0 aliphatic heterocycles. The molecule has 0 bridgehead atoms. The fourth-order valence-electron chi connectivity index (χ4n) is 1.25. The lowest BCUT2D eigenvalue weighted by atomic mass is 10.4. The highest BCUT2D eigenvalue weighted by atomic mass is 79.9. The first-order chi connectivity index (χ1) is 8.39. The van der Waals surface area contributed by atoms with Crippen LogP contribution in [0.1, 0.15) is 0 Å². The van der Waals surface area contributed by atoms with Crippen molar-refractivity contribution in [2.45, 2.75) is 13.3 Å². The topological polar surface area (TPSA) is 77.2 Å². The summed E-state index contributed by atoms with van der Waals surface area (Å²) in [7, 11) is -5.19. The maximum absolute atomic E-state index is 12.3. The summed E-state index contributed by atoms with van der Waals surface area (Å²) in [6, 6.07) is 10.2. The molecule has 0 aliphatic rings. The molecule has 0 aliphatic carbocycles. The van der Waals surface area contributed by atoms with Crippen molar-refractivity contribution in [3.8, 4) is 0 Å². The lowest BCUT2D eigenvalue weighted by Crippen LogP contribution is -2.09. The van der Waals surface area contributed by atoms with Gasteiger partial charge in [-0.3, -0.25) is 0 Å². The molecular weight excluding hydrogens is 358 g/mol. The van der Waals surface area contributed by atoms with Gasteiger partial charge in [0.05, 0.1) is 10.8 Å². The monoisotopic (exact) mass is 365 g/mol. The van der Waals surface area contributed by atoms with E-state index >= 15 is 0 Å². The van der Waals surface area contributed by atoms with Crippen LogP contribution in [0.5, 0.6) is 0 Å². The van der Waals surface area contributed by atoms with E-state index in [1.807, 2.05) is 6.07 Å². The van der Waals surface area contributed by atoms with Crippen LogP contribution in [-0.2, 0) is 20.8 Å². The Labute approximate surface area is 119 Å². The fraction of sp³-hybridized carbons (Fsp3) is 0. The van der Waals surface area contributed by atoms with Crippen molar-refractivity contribution in [3.05, 3.63) is 40.9 Å². The summed E-state index contributed by atoms with van der Waals surface area (Å²) < 4.78 is 35.6. The summed E-state index contributed by atoms with van der Waals surface area (Å²) in [6.45, 7) is 0. The van der Waals surface area contributed by atoms with Gasteiger partial charge in [-0.1, -0.05) is 18.2 Å². The Hall–Kier alpha value is -0.540. The summed E-state index contributed by atoms with van der Waals surface area (Å²) in [5.74, 6) is 0. The standard InChI is InChI=1S/C10H8BrNO3S3/c11-8-6-9(18(12,14)15)16-10(8)17(13)7-4-2-1-3-5-7/h1-6H,(H2,12,14,15). The summed E-state index contributed by atoms with van der Waals surface area (Å²) >= 11 is 4.11. The molecule has 18 heavy (non-hydrogen) atoms. The van der Waals surface area contributed by atoms with Gasteiger partial charge < -0.3 is 0 Å². The Morgan fingerprint density at radius 3 is 2.33 bits per heavy atom. The SMILES string of the molecule is NS(=O)(=O)c1cc(Br)c(S(=O)c2ccccc2)s1. The summed E-state index contributed by atoms with van der Waals surface area (Å²) in [5, 5.41) is 5.04. The van der Waals surface area contributed by atoms with Crippen LogP contribution >= 0.6 is 27.3 Å². The minimum absolute atomic E-state index is 0.00587. The van der Waals surface area contributed by atoms with Crippen LogP contribution in [0.25, 0.3) is 0 Å². The molecule has 0 fully saturated rings. The Morgan fingerprint density at radius 1 is 1.22 bits per heavy atom. The first kappa shape index (κ1) is 13.9. The number of nitrogens with two attached hydrogens (primary N) is 1. The second-order valence-electron chi connectivity index (χ2n) is 3.33. The highest BCUT2D eigenvalue weighted by Crippen LogP contribution is 2.34. The number of thiophene rings is 1. The largest absolute Gasteiger partial charge is 0.248 e. The van der Waals surface area contributed by atoms with Crippen LogP contribution in [0.15, 0.2) is 54.2 Å². The predicted molar refractivity (Wildman–Crippen MR) is 74.5 cm³/mol.